The van der Waals surface area contributed by atoms with Crippen LogP contribution in [0.2, 0.25) is 0 Å². The average Bonchev–Trinajstić information content (AvgIpc) is 2.29. The summed E-state index contributed by atoms with van der Waals surface area (Å²) < 4.78 is 0. The van der Waals surface area contributed by atoms with E-state index in [4.69, 9.17) is 5.26 Å². The first-order chi connectivity index (χ1) is 7.29. The average molecular weight is 206 g/mol. The summed E-state index contributed by atoms with van der Waals surface area (Å²) in [5.74, 6) is 1.20. The van der Waals surface area contributed by atoms with Crippen molar-refractivity contribution in [3.8, 4) is 6.07 Å². The van der Waals surface area contributed by atoms with Crippen LogP contribution in [0.3, 0.4) is 0 Å². The predicted molar refractivity (Wildman–Crippen MR) is 61.3 cm³/mol. The Labute approximate surface area is 93.3 Å². The summed E-state index contributed by atoms with van der Waals surface area (Å²) in [5.41, 5.74) is 0. The van der Waals surface area contributed by atoms with Gasteiger partial charge >= 0.3 is 0 Å². The van der Waals surface area contributed by atoms with Crippen LogP contribution in [0.25, 0.3) is 0 Å². The number of likely N-dealkylation sites (tertiary alicyclic amines) is 1. The van der Waals surface area contributed by atoms with E-state index in [9.17, 15) is 0 Å². The molecule has 2 fully saturated rings. The van der Waals surface area contributed by atoms with E-state index in [1.807, 2.05) is 0 Å². The van der Waals surface area contributed by atoms with Gasteiger partial charge in [0, 0.05) is 12.6 Å². The summed E-state index contributed by atoms with van der Waals surface area (Å²) in [4.78, 5) is 2.59. The fourth-order valence-corrected chi connectivity index (χ4v) is 3.18. The Balaban J connectivity index is 1.89. The molecule has 0 bridgehead atoms. The Kier molecular flexibility index (Phi) is 3.64. The SMILES string of the molecule is CC1CCCC(N2CCCC(C#N)C2)C1. The van der Waals surface area contributed by atoms with Crippen molar-refractivity contribution in [2.75, 3.05) is 13.1 Å². The predicted octanol–water partition coefficient (Wildman–Crippen LogP) is 2.80. The third kappa shape index (κ3) is 2.72. The maximum atomic E-state index is 8.98. The maximum absolute atomic E-state index is 8.98. The molecule has 0 aromatic rings. The first-order valence-corrected chi connectivity index (χ1v) is 6.43. The lowest BCUT2D eigenvalue weighted by Crippen LogP contribution is -2.44. The molecule has 1 saturated heterocycles. The lowest BCUT2D eigenvalue weighted by molar-refractivity contribution is 0.0980. The maximum Gasteiger partial charge on any atom is 0.0669 e. The first kappa shape index (κ1) is 11.0. The van der Waals surface area contributed by atoms with Gasteiger partial charge in [-0.05, 0) is 38.1 Å². The van der Waals surface area contributed by atoms with Crippen molar-refractivity contribution >= 4 is 0 Å². The molecule has 0 amide bonds. The molecular weight excluding hydrogens is 184 g/mol. The quantitative estimate of drug-likeness (QED) is 0.659. The molecule has 1 aliphatic carbocycles. The van der Waals surface area contributed by atoms with Crippen LogP contribution < -0.4 is 0 Å². The zero-order chi connectivity index (χ0) is 10.7. The molecule has 84 valence electrons. The van der Waals surface area contributed by atoms with Gasteiger partial charge in [0.1, 0.15) is 0 Å². The van der Waals surface area contributed by atoms with Crippen LogP contribution in [0.15, 0.2) is 0 Å². The summed E-state index contributed by atoms with van der Waals surface area (Å²) >= 11 is 0. The normalized spacial score (nSPS) is 38.5. The van der Waals surface area contributed by atoms with Crippen LogP contribution in [0.1, 0.15) is 45.4 Å². The summed E-state index contributed by atoms with van der Waals surface area (Å²) in [5, 5.41) is 8.98. The molecule has 0 spiro atoms. The molecule has 3 unspecified atom stereocenters. The van der Waals surface area contributed by atoms with Crippen molar-refractivity contribution in [3.05, 3.63) is 0 Å². The van der Waals surface area contributed by atoms with E-state index in [1.54, 1.807) is 0 Å². The Morgan fingerprint density at radius 2 is 2.07 bits per heavy atom. The topological polar surface area (TPSA) is 27.0 Å². The Hall–Kier alpha value is -0.550. The minimum atomic E-state index is 0.302. The van der Waals surface area contributed by atoms with Crippen LogP contribution in [0.5, 0.6) is 0 Å². The van der Waals surface area contributed by atoms with E-state index >= 15 is 0 Å². The molecule has 1 heterocycles. The molecule has 1 saturated carbocycles. The summed E-state index contributed by atoms with van der Waals surface area (Å²) in [6.07, 6.45) is 7.87. The number of hydrogen-bond acceptors (Lipinski definition) is 2. The highest BCUT2D eigenvalue weighted by atomic mass is 15.2. The molecule has 3 atom stereocenters. The molecular formula is C13H22N2. The van der Waals surface area contributed by atoms with Crippen LogP contribution in [-0.2, 0) is 0 Å². The first-order valence-electron chi connectivity index (χ1n) is 6.43. The molecule has 0 N–H and O–H groups in total. The van der Waals surface area contributed by atoms with E-state index in [0.29, 0.717) is 5.92 Å². The molecule has 15 heavy (non-hydrogen) atoms. The second kappa shape index (κ2) is 4.99. The zero-order valence-corrected chi connectivity index (χ0v) is 9.78. The molecule has 0 aromatic carbocycles. The Bertz CT molecular complexity index is 243. The van der Waals surface area contributed by atoms with Crippen molar-refractivity contribution in [3.63, 3.8) is 0 Å². The number of nitriles is 1. The van der Waals surface area contributed by atoms with E-state index in [1.165, 1.54) is 38.6 Å². The molecule has 0 radical (unpaired) electrons. The van der Waals surface area contributed by atoms with Gasteiger partial charge in [-0.15, -0.1) is 0 Å². The van der Waals surface area contributed by atoms with Gasteiger partial charge in [-0.1, -0.05) is 19.8 Å². The molecule has 2 nitrogen and oxygen atoms in total. The second-order valence-electron chi connectivity index (χ2n) is 5.39. The lowest BCUT2D eigenvalue weighted by atomic mass is 9.85. The van der Waals surface area contributed by atoms with Gasteiger partial charge in [-0.3, -0.25) is 4.90 Å². The van der Waals surface area contributed by atoms with E-state index in [-0.39, 0.29) is 0 Å². The second-order valence-corrected chi connectivity index (χ2v) is 5.39. The van der Waals surface area contributed by atoms with Gasteiger partial charge in [-0.2, -0.15) is 5.26 Å². The molecule has 2 aliphatic rings. The van der Waals surface area contributed by atoms with Crippen LogP contribution >= 0.6 is 0 Å². The molecule has 0 aromatic heterocycles. The van der Waals surface area contributed by atoms with E-state index in [0.717, 1.165) is 24.9 Å². The van der Waals surface area contributed by atoms with Crippen LogP contribution in [0.4, 0.5) is 0 Å². The minimum Gasteiger partial charge on any atom is -0.299 e. The summed E-state index contributed by atoms with van der Waals surface area (Å²) in [7, 11) is 0. The molecule has 2 heteroatoms. The number of hydrogen-bond donors (Lipinski definition) is 0. The smallest absolute Gasteiger partial charge is 0.0669 e. The van der Waals surface area contributed by atoms with Crippen molar-refractivity contribution in [1.29, 1.82) is 5.26 Å². The number of rotatable bonds is 1. The van der Waals surface area contributed by atoms with Gasteiger partial charge in [0.05, 0.1) is 12.0 Å². The molecule has 1 aliphatic heterocycles. The van der Waals surface area contributed by atoms with E-state index < -0.39 is 0 Å². The Morgan fingerprint density at radius 1 is 1.20 bits per heavy atom. The highest BCUT2D eigenvalue weighted by Crippen LogP contribution is 2.29. The highest BCUT2D eigenvalue weighted by molar-refractivity contribution is 4.91. The van der Waals surface area contributed by atoms with Crippen molar-refractivity contribution in [1.82, 2.24) is 4.90 Å². The van der Waals surface area contributed by atoms with Gasteiger partial charge in [0.15, 0.2) is 0 Å². The van der Waals surface area contributed by atoms with Crippen LogP contribution in [0, 0.1) is 23.2 Å². The van der Waals surface area contributed by atoms with Crippen LogP contribution in [-0.4, -0.2) is 24.0 Å². The van der Waals surface area contributed by atoms with Gasteiger partial charge < -0.3 is 0 Å². The third-order valence-electron chi connectivity index (χ3n) is 4.06. The largest absolute Gasteiger partial charge is 0.299 e. The number of nitrogens with zero attached hydrogens (tertiary/aromatic N) is 2. The van der Waals surface area contributed by atoms with E-state index in [2.05, 4.69) is 17.9 Å². The van der Waals surface area contributed by atoms with Gasteiger partial charge in [0.25, 0.3) is 0 Å². The van der Waals surface area contributed by atoms with Crippen molar-refractivity contribution < 1.29 is 0 Å². The Morgan fingerprint density at radius 3 is 2.80 bits per heavy atom. The minimum absolute atomic E-state index is 0.302. The van der Waals surface area contributed by atoms with Crippen molar-refractivity contribution in [2.45, 2.75) is 51.5 Å². The lowest BCUT2D eigenvalue weighted by Gasteiger charge is -2.40. The monoisotopic (exact) mass is 206 g/mol. The van der Waals surface area contributed by atoms with Gasteiger partial charge in [-0.25, -0.2) is 0 Å². The standard InChI is InChI=1S/C13H22N2/c1-11-4-2-6-13(8-11)15-7-3-5-12(9-14)10-15/h11-13H,2-8,10H2,1H3. The summed E-state index contributed by atoms with van der Waals surface area (Å²) in [6, 6.07) is 3.22. The summed E-state index contributed by atoms with van der Waals surface area (Å²) in [6.45, 7) is 4.64. The fourth-order valence-electron chi connectivity index (χ4n) is 3.18. The number of piperidine rings is 1. The fraction of sp³-hybridized carbons (Fsp3) is 0.923. The highest BCUT2D eigenvalue weighted by Gasteiger charge is 2.28. The van der Waals surface area contributed by atoms with Gasteiger partial charge in [0.2, 0.25) is 0 Å². The third-order valence-corrected chi connectivity index (χ3v) is 4.06. The zero-order valence-electron chi connectivity index (χ0n) is 9.78. The van der Waals surface area contributed by atoms with Crippen molar-refractivity contribution in [2.24, 2.45) is 11.8 Å². The molecule has 2 rings (SSSR count).